The first-order valence-electron chi connectivity index (χ1n) is 8.21. The van der Waals surface area contributed by atoms with Crippen LogP contribution < -0.4 is 11.1 Å². The molecule has 1 aromatic carbocycles. The summed E-state index contributed by atoms with van der Waals surface area (Å²) in [6.07, 6.45) is 3.11. The van der Waals surface area contributed by atoms with Crippen molar-refractivity contribution in [3.05, 3.63) is 34.5 Å². The lowest BCUT2D eigenvalue weighted by molar-refractivity contribution is -0.383. The average molecular weight is 362 g/mol. The van der Waals surface area contributed by atoms with E-state index in [2.05, 4.69) is 20.4 Å². The van der Waals surface area contributed by atoms with Crippen LogP contribution >= 0.6 is 0 Å². The Hall–Kier alpha value is -3.17. The van der Waals surface area contributed by atoms with Crippen LogP contribution in [0.2, 0.25) is 0 Å². The molecule has 1 amide bonds. The first kappa shape index (κ1) is 19.2. The summed E-state index contributed by atoms with van der Waals surface area (Å²) in [7, 11) is 1.73. The second-order valence-corrected chi connectivity index (χ2v) is 5.94. The maximum absolute atomic E-state index is 11.4. The molecule has 0 aliphatic rings. The Morgan fingerprint density at radius 3 is 2.85 bits per heavy atom. The normalized spacial score (nSPS) is 11.8. The Bertz CT molecular complexity index is 776. The number of hydrogen-bond acceptors (Lipinski definition) is 7. The van der Waals surface area contributed by atoms with Crippen LogP contribution in [0.3, 0.4) is 0 Å². The van der Waals surface area contributed by atoms with Crippen molar-refractivity contribution in [2.45, 2.75) is 32.2 Å². The molecule has 0 aliphatic heterocycles. The van der Waals surface area contributed by atoms with E-state index in [1.165, 1.54) is 6.07 Å². The fraction of sp³-hybridized carbons (Fsp3) is 0.438. The number of unbranched alkanes of at least 4 members (excludes halogenated alkanes) is 1. The van der Waals surface area contributed by atoms with E-state index in [-0.39, 0.29) is 18.3 Å². The Kier molecular flexibility index (Phi) is 6.48. The fourth-order valence-electron chi connectivity index (χ4n) is 2.57. The molecule has 0 fully saturated rings. The van der Waals surface area contributed by atoms with E-state index in [4.69, 9.17) is 5.73 Å². The minimum absolute atomic E-state index is 0.0166. The molecule has 10 nitrogen and oxygen atoms in total. The zero-order chi connectivity index (χ0) is 19.1. The predicted octanol–water partition coefficient (Wildman–Crippen LogP) is 2.46. The highest BCUT2D eigenvalue weighted by Gasteiger charge is 2.21. The highest BCUT2D eigenvalue weighted by molar-refractivity contribution is 5.82. The Morgan fingerprint density at radius 2 is 2.23 bits per heavy atom. The second-order valence-electron chi connectivity index (χ2n) is 5.94. The fourth-order valence-corrected chi connectivity index (χ4v) is 2.57. The zero-order valence-electron chi connectivity index (χ0n) is 14.7. The van der Waals surface area contributed by atoms with Gasteiger partial charge in [-0.3, -0.25) is 14.8 Å². The minimum atomic E-state index is -0.787. The molecule has 0 radical (unpaired) electrons. The number of nitro groups is 1. The summed E-state index contributed by atoms with van der Waals surface area (Å²) >= 11 is 0. The molecule has 3 N–H and O–H groups in total. The monoisotopic (exact) mass is 362 g/mol. The van der Waals surface area contributed by atoms with Crippen LogP contribution in [-0.4, -0.2) is 38.7 Å². The number of benzene rings is 1. The van der Waals surface area contributed by atoms with Gasteiger partial charge in [0.1, 0.15) is 11.4 Å². The van der Waals surface area contributed by atoms with E-state index in [0.717, 1.165) is 12.8 Å². The number of aromatic nitrogens is 3. The summed E-state index contributed by atoms with van der Waals surface area (Å²) < 4.78 is 6.23. The first-order chi connectivity index (χ1) is 12.4. The van der Waals surface area contributed by atoms with Gasteiger partial charge < -0.3 is 15.8 Å². The number of primary amides is 1. The molecule has 140 valence electrons. The number of nitrogens with zero attached hydrogens (tertiary/aromatic N) is 4. The van der Waals surface area contributed by atoms with Gasteiger partial charge in [0, 0.05) is 24.7 Å². The van der Waals surface area contributed by atoms with Crippen LogP contribution in [0.1, 0.15) is 26.2 Å². The van der Waals surface area contributed by atoms with Crippen molar-refractivity contribution in [3.8, 4) is 11.3 Å². The summed E-state index contributed by atoms with van der Waals surface area (Å²) in [5.74, 6) is 0. The smallest absolute Gasteiger partial charge is 0.404 e. The summed E-state index contributed by atoms with van der Waals surface area (Å²) in [6.45, 7) is 2.20. The Labute approximate surface area is 150 Å². The number of nitrogens with two attached hydrogens (primary N) is 1. The van der Waals surface area contributed by atoms with Crippen molar-refractivity contribution in [3.63, 3.8) is 0 Å². The van der Waals surface area contributed by atoms with Crippen LogP contribution in [0.15, 0.2) is 24.4 Å². The standard InChI is InChI=1S/C16H22N6O4/c1-11(6-3-4-9-26-16(17)23)18-15-12(13-10-21(2)20-19-13)7-5-8-14(15)22(24)25/h5,7-8,10-11,18H,3-4,6,9H2,1-2H3,(H2,17,23). The van der Waals surface area contributed by atoms with Gasteiger partial charge in [0.25, 0.3) is 5.69 Å². The molecule has 1 heterocycles. The van der Waals surface area contributed by atoms with Crippen molar-refractivity contribution in [2.75, 3.05) is 11.9 Å². The third kappa shape index (κ3) is 5.16. The predicted molar refractivity (Wildman–Crippen MR) is 95.6 cm³/mol. The molecule has 0 saturated carbocycles. The second kappa shape index (κ2) is 8.79. The molecule has 2 rings (SSSR count). The Morgan fingerprint density at radius 1 is 1.46 bits per heavy atom. The third-order valence-electron chi connectivity index (χ3n) is 3.78. The number of hydrogen-bond donors (Lipinski definition) is 2. The van der Waals surface area contributed by atoms with Gasteiger partial charge in [0.2, 0.25) is 0 Å². The van der Waals surface area contributed by atoms with Crippen molar-refractivity contribution in [1.29, 1.82) is 0 Å². The maximum atomic E-state index is 11.4. The van der Waals surface area contributed by atoms with E-state index in [1.54, 1.807) is 30.1 Å². The van der Waals surface area contributed by atoms with Crippen LogP contribution in [0.5, 0.6) is 0 Å². The largest absolute Gasteiger partial charge is 0.450 e. The molecule has 0 saturated heterocycles. The van der Waals surface area contributed by atoms with Gasteiger partial charge >= 0.3 is 6.09 Å². The average Bonchev–Trinajstić information content (AvgIpc) is 3.00. The van der Waals surface area contributed by atoms with E-state index in [1.807, 2.05) is 6.92 Å². The molecule has 0 bridgehead atoms. The lowest BCUT2D eigenvalue weighted by Gasteiger charge is -2.17. The van der Waals surface area contributed by atoms with Crippen LogP contribution in [0, 0.1) is 10.1 Å². The number of ether oxygens (including phenoxy) is 1. The van der Waals surface area contributed by atoms with E-state index >= 15 is 0 Å². The molecule has 2 aromatic rings. The highest BCUT2D eigenvalue weighted by Crippen LogP contribution is 2.35. The summed E-state index contributed by atoms with van der Waals surface area (Å²) in [5, 5.41) is 22.6. The van der Waals surface area contributed by atoms with Crippen LogP contribution in [0.4, 0.5) is 16.2 Å². The molecule has 0 spiro atoms. The lowest BCUT2D eigenvalue weighted by Crippen LogP contribution is -2.17. The van der Waals surface area contributed by atoms with Crippen molar-refractivity contribution in [1.82, 2.24) is 15.0 Å². The molecule has 1 unspecified atom stereocenters. The van der Waals surface area contributed by atoms with Crippen molar-refractivity contribution >= 4 is 17.5 Å². The van der Waals surface area contributed by atoms with E-state index in [9.17, 15) is 14.9 Å². The summed E-state index contributed by atoms with van der Waals surface area (Å²) in [4.78, 5) is 21.5. The van der Waals surface area contributed by atoms with E-state index < -0.39 is 11.0 Å². The van der Waals surface area contributed by atoms with Gasteiger partial charge in [-0.05, 0) is 26.2 Å². The summed E-state index contributed by atoms with van der Waals surface area (Å²) in [6, 6.07) is 4.82. The van der Waals surface area contributed by atoms with Crippen LogP contribution in [-0.2, 0) is 11.8 Å². The number of anilines is 1. The van der Waals surface area contributed by atoms with Crippen molar-refractivity contribution < 1.29 is 14.5 Å². The van der Waals surface area contributed by atoms with Gasteiger partial charge in [-0.15, -0.1) is 5.10 Å². The number of rotatable bonds is 9. The lowest BCUT2D eigenvalue weighted by atomic mass is 10.1. The number of para-hydroxylation sites is 1. The molecular formula is C16H22N6O4. The van der Waals surface area contributed by atoms with Gasteiger partial charge in [0.05, 0.1) is 17.7 Å². The quantitative estimate of drug-likeness (QED) is 0.397. The number of nitrogens with one attached hydrogen (secondary N) is 1. The Balaban J connectivity index is 2.11. The number of aryl methyl sites for hydroxylation is 1. The minimum Gasteiger partial charge on any atom is -0.450 e. The molecule has 1 aromatic heterocycles. The molecule has 10 heteroatoms. The number of carbonyl (C=O) groups excluding carboxylic acids is 1. The molecule has 26 heavy (non-hydrogen) atoms. The highest BCUT2D eigenvalue weighted by atomic mass is 16.6. The third-order valence-corrected chi connectivity index (χ3v) is 3.78. The van der Waals surface area contributed by atoms with Crippen LogP contribution in [0.25, 0.3) is 11.3 Å². The first-order valence-corrected chi connectivity index (χ1v) is 8.21. The topological polar surface area (TPSA) is 138 Å². The number of carbonyl (C=O) groups is 1. The van der Waals surface area contributed by atoms with Crippen molar-refractivity contribution in [2.24, 2.45) is 12.8 Å². The maximum Gasteiger partial charge on any atom is 0.404 e. The van der Waals surface area contributed by atoms with Gasteiger partial charge in [-0.1, -0.05) is 17.3 Å². The molecule has 0 aliphatic carbocycles. The van der Waals surface area contributed by atoms with Gasteiger partial charge in [-0.25, -0.2) is 4.79 Å². The van der Waals surface area contributed by atoms with Gasteiger partial charge in [0.15, 0.2) is 0 Å². The SMILES string of the molecule is CC(CCCCOC(N)=O)Nc1c(-c2cn(C)nn2)cccc1[N+](=O)[O-]. The summed E-state index contributed by atoms with van der Waals surface area (Å²) in [5.41, 5.74) is 6.48. The zero-order valence-corrected chi connectivity index (χ0v) is 14.7. The molecule has 1 atom stereocenters. The molecular weight excluding hydrogens is 340 g/mol. The van der Waals surface area contributed by atoms with Gasteiger partial charge in [-0.2, -0.15) is 0 Å². The number of amides is 1. The van der Waals surface area contributed by atoms with E-state index in [0.29, 0.717) is 23.4 Å². The number of nitro benzene ring substituents is 1.